The minimum absolute atomic E-state index is 0.150. The van der Waals surface area contributed by atoms with Gasteiger partial charge in [-0.1, -0.05) is 6.92 Å². The summed E-state index contributed by atoms with van der Waals surface area (Å²) in [7, 11) is 0. The normalized spacial score (nSPS) is 13.9. The van der Waals surface area contributed by atoms with Gasteiger partial charge < -0.3 is 15.5 Å². The molecule has 2 unspecified atom stereocenters. The Balaban J connectivity index is 2.47. The molecule has 0 radical (unpaired) electrons. The van der Waals surface area contributed by atoms with Gasteiger partial charge in [0.05, 0.1) is 11.0 Å². The summed E-state index contributed by atoms with van der Waals surface area (Å²) >= 11 is 0.954. The summed E-state index contributed by atoms with van der Waals surface area (Å²) in [5.74, 6) is -1.13. The van der Waals surface area contributed by atoms with Gasteiger partial charge in [-0.25, -0.2) is 4.79 Å². The molecular weight excluding hydrogens is 254 g/mol. The summed E-state index contributed by atoms with van der Waals surface area (Å²) in [6.45, 7) is 4.10. The van der Waals surface area contributed by atoms with Crippen LogP contribution in [-0.2, 0) is 0 Å². The highest BCUT2D eigenvalue weighted by Gasteiger charge is 2.14. The molecule has 0 bridgehead atoms. The fraction of sp³-hybridized carbons (Fsp3) is 0.500. The van der Waals surface area contributed by atoms with E-state index in [1.807, 2.05) is 6.92 Å². The zero-order valence-corrected chi connectivity index (χ0v) is 11.2. The van der Waals surface area contributed by atoms with Crippen molar-refractivity contribution in [1.29, 1.82) is 0 Å². The number of carboxylic acids is 1. The van der Waals surface area contributed by atoms with Crippen molar-refractivity contribution >= 4 is 23.2 Å². The van der Waals surface area contributed by atoms with Crippen LogP contribution in [0, 0.1) is 5.92 Å². The van der Waals surface area contributed by atoms with Crippen LogP contribution in [0.15, 0.2) is 12.1 Å². The van der Waals surface area contributed by atoms with Gasteiger partial charge in [-0.2, -0.15) is 0 Å². The van der Waals surface area contributed by atoms with Gasteiger partial charge in [0.2, 0.25) is 0 Å². The lowest BCUT2D eigenvalue weighted by atomic mass is 10.0. The average Bonchev–Trinajstić information content (AvgIpc) is 2.74. The smallest absolute Gasteiger partial charge is 0.345 e. The number of aliphatic hydroxyl groups is 1. The second-order valence-corrected chi connectivity index (χ2v) is 5.45. The van der Waals surface area contributed by atoms with E-state index in [1.165, 1.54) is 12.1 Å². The number of carbonyl (C=O) groups is 2. The van der Waals surface area contributed by atoms with E-state index in [0.29, 0.717) is 17.8 Å². The molecule has 0 aliphatic heterocycles. The molecule has 6 heteroatoms. The van der Waals surface area contributed by atoms with Crippen LogP contribution in [0.3, 0.4) is 0 Å². The standard InChI is InChI=1S/C12H17NO4S/c1-7(5-8(2)14)6-13-11(15)9-3-4-10(18-9)12(16)17/h3-4,7-8,14H,5-6H2,1-2H3,(H,13,15)(H,16,17). The van der Waals surface area contributed by atoms with Crippen molar-refractivity contribution in [2.75, 3.05) is 6.54 Å². The first-order chi connectivity index (χ1) is 8.40. The Hall–Kier alpha value is -1.40. The van der Waals surface area contributed by atoms with Crippen molar-refractivity contribution in [2.24, 2.45) is 5.92 Å². The van der Waals surface area contributed by atoms with Gasteiger partial charge in [-0.15, -0.1) is 11.3 Å². The number of rotatable bonds is 6. The van der Waals surface area contributed by atoms with Crippen molar-refractivity contribution in [2.45, 2.75) is 26.4 Å². The van der Waals surface area contributed by atoms with Crippen LogP contribution in [0.1, 0.15) is 39.6 Å². The molecule has 100 valence electrons. The molecule has 1 amide bonds. The molecule has 1 heterocycles. The summed E-state index contributed by atoms with van der Waals surface area (Å²) in [6.07, 6.45) is 0.225. The third-order valence-corrected chi connectivity index (χ3v) is 3.47. The number of hydrogen-bond donors (Lipinski definition) is 3. The molecule has 2 atom stereocenters. The van der Waals surface area contributed by atoms with E-state index in [4.69, 9.17) is 5.11 Å². The van der Waals surface area contributed by atoms with Gasteiger partial charge in [0, 0.05) is 6.54 Å². The minimum atomic E-state index is -1.03. The molecule has 1 aromatic heterocycles. The minimum Gasteiger partial charge on any atom is -0.477 e. The second-order valence-electron chi connectivity index (χ2n) is 4.37. The molecule has 0 aromatic carbocycles. The summed E-state index contributed by atoms with van der Waals surface area (Å²) < 4.78 is 0. The molecule has 0 aliphatic rings. The Morgan fingerprint density at radius 1 is 1.33 bits per heavy atom. The highest BCUT2D eigenvalue weighted by atomic mass is 32.1. The highest BCUT2D eigenvalue weighted by Crippen LogP contribution is 2.16. The van der Waals surface area contributed by atoms with E-state index in [9.17, 15) is 14.7 Å². The van der Waals surface area contributed by atoms with E-state index in [-0.39, 0.29) is 16.7 Å². The summed E-state index contributed by atoms with van der Waals surface area (Å²) in [4.78, 5) is 22.9. The largest absolute Gasteiger partial charge is 0.477 e. The summed E-state index contributed by atoms with van der Waals surface area (Å²) in [5, 5.41) is 20.7. The Kier molecular flexibility index (Phi) is 5.30. The summed E-state index contributed by atoms with van der Waals surface area (Å²) in [6, 6.07) is 2.92. The number of carboxylic acid groups (broad SMARTS) is 1. The van der Waals surface area contributed by atoms with Gasteiger partial charge >= 0.3 is 5.97 Å². The van der Waals surface area contributed by atoms with Crippen molar-refractivity contribution in [1.82, 2.24) is 5.32 Å². The SMILES string of the molecule is CC(O)CC(C)CNC(=O)c1ccc(C(=O)O)s1. The number of amides is 1. The Morgan fingerprint density at radius 2 is 1.94 bits per heavy atom. The van der Waals surface area contributed by atoms with Crippen molar-refractivity contribution in [3.8, 4) is 0 Å². The van der Waals surface area contributed by atoms with Gasteiger partial charge in [0.15, 0.2) is 0 Å². The van der Waals surface area contributed by atoms with Crippen LogP contribution in [0.25, 0.3) is 0 Å². The Morgan fingerprint density at radius 3 is 2.44 bits per heavy atom. The monoisotopic (exact) mass is 271 g/mol. The number of nitrogens with one attached hydrogen (secondary N) is 1. The number of aliphatic hydroxyl groups excluding tert-OH is 1. The molecule has 5 nitrogen and oxygen atoms in total. The first-order valence-corrected chi connectivity index (χ1v) is 6.51. The maximum atomic E-state index is 11.7. The zero-order chi connectivity index (χ0) is 13.7. The zero-order valence-electron chi connectivity index (χ0n) is 10.3. The number of thiophene rings is 1. The highest BCUT2D eigenvalue weighted by molar-refractivity contribution is 7.15. The molecule has 0 fully saturated rings. The molecule has 3 N–H and O–H groups in total. The molecule has 0 aliphatic carbocycles. The van der Waals surface area contributed by atoms with Crippen molar-refractivity contribution < 1.29 is 19.8 Å². The van der Waals surface area contributed by atoms with E-state index in [0.717, 1.165) is 11.3 Å². The van der Waals surface area contributed by atoms with Gasteiger partial charge in [0.1, 0.15) is 4.88 Å². The fourth-order valence-corrected chi connectivity index (χ4v) is 2.36. The van der Waals surface area contributed by atoms with Crippen LogP contribution in [0.5, 0.6) is 0 Å². The maximum Gasteiger partial charge on any atom is 0.345 e. The number of hydrogen-bond acceptors (Lipinski definition) is 4. The lowest BCUT2D eigenvalue weighted by Crippen LogP contribution is -2.28. The molecule has 1 rings (SSSR count). The van der Waals surface area contributed by atoms with E-state index in [2.05, 4.69) is 5.32 Å². The first kappa shape index (κ1) is 14.7. The number of carbonyl (C=O) groups excluding carboxylic acids is 1. The quantitative estimate of drug-likeness (QED) is 0.733. The lowest BCUT2D eigenvalue weighted by Gasteiger charge is -2.13. The van der Waals surface area contributed by atoms with Crippen LogP contribution in [0.4, 0.5) is 0 Å². The predicted octanol–water partition coefficient (Wildman–Crippen LogP) is 1.58. The molecule has 0 spiro atoms. The molecule has 0 saturated heterocycles. The van der Waals surface area contributed by atoms with Crippen LogP contribution in [-0.4, -0.2) is 34.7 Å². The Bertz CT molecular complexity index is 427. The topological polar surface area (TPSA) is 86.6 Å². The van der Waals surface area contributed by atoms with Gasteiger partial charge in [-0.05, 0) is 31.4 Å². The molecule has 0 saturated carbocycles. The third-order valence-electron chi connectivity index (χ3n) is 2.40. The number of aromatic carboxylic acids is 1. The van der Waals surface area contributed by atoms with Crippen LogP contribution >= 0.6 is 11.3 Å². The molecular formula is C12H17NO4S. The second kappa shape index (κ2) is 6.51. The van der Waals surface area contributed by atoms with Gasteiger partial charge in [0.25, 0.3) is 5.91 Å². The maximum absolute atomic E-state index is 11.7. The Labute approximate surface area is 109 Å². The van der Waals surface area contributed by atoms with E-state index < -0.39 is 12.1 Å². The molecule has 1 aromatic rings. The van der Waals surface area contributed by atoms with Gasteiger partial charge in [-0.3, -0.25) is 4.79 Å². The fourth-order valence-electron chi connectivity index (χ4n) is 1.59. The first-order valence-electron chi connectivity index (χ1n) is 5.69. The van der Waals surface area contributed by atoms with E-state index in [1.54, 1.807) is 6.92 Å². The van der Waals surface area contributed by atoms with Crippen molar-refractivity contribution in [3.63, 3.8) is 0 Å². The lowest BCUT2D eigenvalue weighted by molar-refractivity contribution is 0.0702. The molecule has 18 heavy (non-hydrogen) atoms. The average molecular weight is 271 g/mol. The van der Waals surface area contributed by atoms with Crippen LogP contribution < -0.4 is 5.32 Å². The van der Waals surface area contributed by atoms with E-state index >= 15 is 0 Å². The van der Waals surface area contributed by atoms with Crippen LogP contribution in [0.2, 0.25) is 0 Å². The van der Waals surface area contributed by atoms with Crippen molar-refractivity contribution in [3.05, 3.63) is 21.9 Å². The third kappa shape index (κ3) is 4.46. The predicted molar refractivity (Wildman–Crippen MR) is 69.1 cm³/mol. The summed E-state index contributed by atoms with van der Waals surface area (Å²) in [5.41, 5.74) is 0.